The lowest BCUT2D eigenvalue weighted by molar-refractivity contribution is 0.00639. The number of ether oxygens (including phenoxy) is 1. The third-order valence-corrected chi connectivity index (χ3v) is 1.55. The van der Waals surface area contributed by atoms with E-state index in [1.807, 2.05) is 0 Å². The fraction of sp³-hybridized carbons (Fsp3) is 0.500. The maximum atomic E-state index is 11.5. The molecule has 6 nitrogen and oxygen atoms in total. The van der Waals surface area contributed by atoms with Crippen LogP contribution in [0.3, 0.4) is 0 Å². The molecule has 0 fully saturated rings. The highest BCUT2D eigenvalue weighted by molar-refractivity contribution is 6.60. The number of hydrogen-bond acceptors (Lipinski definition) is 5. The highest BCUT2D eigenvalue weighted by atomic mass is 16.6. The highest BCUT2D eigenvalue weighted by Gasteiger charge is 2.26. The molecule has 0 aromatic carbocycles. The molecular formula is C8H13BN2O4. The molecule has 0 saturated heterocycles. The molecule has 0 amide bonds. The van der Waals surface area contributed by atoms with Gasteiger partial charge in [-0.3, -0.25) is 5.10 Å². The lowest BCUT2D eigenvalue weighted by atomic mass is 9.80. The molecule has 0 aliphatic carbocycles. The second kappa shape index (κ2) is 4.04. The third-order valence-electron chi connectivity index (χ3n) is 1.55. The number of aromatic nitrogens is 2. The predicted molar refractivity (Wildman–Crippen MR) is 53.6 cm³/mol. The average molecular weight is 212 g/mol. The van der Waals surface area contributed by atoms with Crippen LogP contribution >= 0.6 is 0 Å². The molecule has 0 spiro atoms. The Kier molecular flexibility index (Phi) is 3.16. The molecule has 0 unspecified atom stereocenters. The van der Waals surface area contributed by atoms with E-state index in [0.29, 0.717) is 0 Å². The van der Waals surface area contributed by atoms with E-state index in [-0.39, 0.29) is 11.2 Å². The van der Waals surface area contributed by atoms with Gasteiger partial charge in [-0.15, -0.1) is 0 Å². The van der Waals surface area contributed by atoms with Crippen LogP contribution in [-0.2, 0) is 4.74 Å². The van der Waals surface area contributed by atoms with Crippen LogP contribution in [0.4, 0.5) is 0 Å². The summed E-state index contributed by atoms with van der Waals surface area (Å²) in [5, 5.41) is 23.8. The SMILES string of the molecule is CC(C)(C)OC(=O)c1[nH]ncc1B(O)O. The average Bonchev–Trinajstić information content (AvgIpc) is 2.47. The maximum Gasteiger partial charge on any atom is 0.492 e. The Bertz CT molecular complexity index is 356. The number of hydrogen-bond donors (Lipinski definition) is 3. The number of aromatic amines is 1. The minimum Gasteiger partial charge on any atom is -0.455 e. The summed E-state index contributed by atoms with van der Waals surface area (Å²) in [6.07, 6.45) is 1.17. The Labute approximate surface area is 87.4 Å². The molecule has 15 heavy (non-hydrogen) atoms. The Balaban J connectivity index is 2.87. The zero-order chi connectivity index (χ0) is 11.6. The van der Waals surface area contributed by atoms with E-state index in [9.17, 15) is 4.79 Å². The van der Waals surface area contributed by atoms with Gasteiger partial charge in [0.2, 0.25) is 0 Å². The largest absolute Gasteiger partial charge is 0.492 e. The van der Waals surface area contributed by atoms with Crippen molar-refractivity contribution in [3.63, 3.8) is 0 Å². The van der Waals surface area contributed by atoms with Crippen molar-refractivity contribution in [3.05, 3.63) is 11.9 Å². The first kappa shape index (κ1) is 11.7. The van der Waals surface area contributed by atoms with Gasteiger partial charge in [-0.05, 0) is 20.8 Å². The lowest BCUT2D eigenvalue weighted by Gasteiger charge is -2.19. The molecule has 82 valence electrons. The van der Waals surface area contributed by atoms with Gasteiger partial charge in [-0.25, -0.2) is 4.79 Å². The maximum absolute atomic E-state index is 11.5. The molecule has 7 heteroatoms. The van der Waals surface area contributed by atoms with Gasteiger partial charge in [0.25, 0.3) is 0 Å². The molecule has 3 N–H and O–H groups in total. The Morgan fingerprint density at radius 3 is 2.60 bits per heavy atom. The van der Waals surface area contributed by atoms with Gasteiger partial charge in [0.15, 0.2) is 0 Å². The molecule has 1 rings (SSSR count). The molecule has 0 aliphatic heterocycles. The molecule has 1 aromatic rings. The molecule has 0 aliphatic rings. The number of H-pyrrole nitrogens is 1. The number of nitrogens with one attached hydrogen (secondary N) is 1. The lowest BCUT2D eigenvalue weighted by Crippen LogP contribution is -2.35. The molecule has 1 heterocycles. The smallest absolute Gasteiger partial charge is 0.455 e. The molecular weight excluding hydrogens is 199 g/mol. The standard InChI is InChI=1S/C8H13BN2O4/c1-8(2,3)15-7(12)6-5(9(13)14)4-10-11-6/h4,13-14H,1-3H3,(H,10,11). The summed E-state index contributed by atoms with van der Waals surface area (Å²) in [4.78, 5) is 11.5. The number of rotatable bonds is 2. The van der Waals surface area contributed by atoms with E-state index in [1.165, 1.54) is 6.20 Å². The summed E-state index contributed by atoms with van der Waals surface area (Å²) in [5.74, 6) is -0.664. The zero-order valence-electron chi connectivity index (χ0n) is 8.81. The summed E-state index contributed by atoms with van der Waals surface area (Å²) in [5.41, 5.74) is -0.677. The van der Waals surface area contributed by atoms with Crippen molar-refractivity contribution in [2.24, 2.45) is 0 Å². The van der Waals surface area contributed by atoms with E-state index >= 15 is 0 Å². The summed E-state index contributed by atoms with van der Waals surface area (Å²) in [6.45, 7) is 5.16. The summed E-state index contributed by atoms with van der Waals surface area (Å²) in [7, 11) is -1.74. The quantitative estimate of drug-likeness (QED) is 0.433. The summed E-state index contributed by atoms with van der Waals surface area (Å²) in [6, 6.07) is 0. The van der Waals surface area contributed by atoms with Crippen molar-refractivity contribution in [3.8, 4) is 0 Å². The first-order chi connectivity index (χ1) is 6.81. The fourth-order valence-corrected chi connectivity index (χ4v) is 0.984. The number of carbonyl (C=O) groups excluding carboxylic acids is 1. The van der Waals surface area contributed by atoms with Crippen LogP contribution in [-0.4, -0.2) is 38.9 Å². The fourth-order valence-electron chi connectivity index (χ4n) is 0.984. The summed E-state index contributed by atoms with van der Waals surface area (Å²) < 4.78 is 5.04. The Morgan fingerprint density at radius 1 is 1.53 bits per heavy atom. The van der Waals surface area contributed by atoms with E-state index in [4.69, 9.17) is 14.8 Å². The molecule has 0 saturated carbocycles. The molecule has 1 aromatic heterocycles. The van der Waals surface area contributed by atoms with Gasteiger partial charge >= 0.3 is 13.1 Å². The van der Waals surface area contributed by atoms with Crippen molar-refractivity contribution in [2.75, 3.05) is 0 Å². The topological polar surface area (TPSA) is 95.4 Å². The van der Waals surface area contributed by atoms with Gasteiger partial charge in [-0.2, -0.15) is 5.10 Å². The van der Waals surface area contributed by atoms with E-state index in [1.54, 1.807) is 20.8 Å². The monoisotopic (exact) mass is 212 g/mol. The van der Waals surface area contributed by atoms with Gasteiger partial charge in [0.05, 0.1) is 0 Å². The number of nitrogens with zero attached hydrogens (tertiary/aromatic N) is 1. The Morgan fingerprint density at radius 2 is 2.13 bits per heavy atom. The van der Waals surface area contributed by atoms with Crippen molar-refractivity contribution in [2.45, 2.75) is 26.4 Å². The molecule has 0 radical (unpaired) electrons. The summed E-state index contributed by atoms with van der Waals surface area (Å²) >= 11 is 0. The Hall–Kier alpha value is -1.34. The normalized spacial score (nSPS) is 11.3. The van der Waals surface area contributed by atoms with E-state index in [2.05, 4.69) is 10.2 Å². The van der Waals surface area contributed by atoms with Crippen molar-refractivity contribution in [1.29, 1.82) is 0 Å². The van der Waals surface area contributed by atoms with E-state index in [0.717, 1.165) is 0 Å². The second-order valence-electron chi connectivity index (χ2n) is 4.08. The van der Waals surface area contributed by atoms with Crippen LogP contribution in [0.15, 0.2) is 6.20 Å². The molecule has 0 bridgehead atoms. The van der Waals surface area contributed by atoms with Gasteiger partial charge in [0.1, 0.15) is 11.3 Å². The first-order valence-corrected chi connectivity index (χ1v) is 4.44. The number of carbonyl (C=O) groups is 1. The van der Waals surface area contributed by atoms with Crippen LogP contribution in [0.1, 0.15) is 31.3 Å². The van der Waals surface area contributed by atoms with Crippen molar-refractivity contribution in [1.82, 2.24) is 10.2 Å². The second-order valence-corrected chi connectivity index (χ2v) is 4.08. The van der Waals surface area contributed by atoms with E-state index < -0.39 is 18.7 Å². The van der Waals surface area contributed by atoms with Crippen LogP contribution in [0.25, 0.3) is 0 Å². The zero-order valence-corrected chi connectivity index (χ0v) is 8.81. The van der Waals surface area contributed by atoms with Crippen LogP contribution in [0.2, 0.25) is 0 Å². The third kappa shape index (κ3) is 3.07. The van der Waals surface area contributed by atoms with Gasteiger partial charge in [0, 0.05) is 11.7 Å². The molecule has 0 atom stereocenters. The van der Waals surface area contributed by atoms with Crippen molar-refractivity contribution < 1.29 is 19.6 Å². The first-order valence-electron chi connectivity index (χ1n) is 4.44. The van der Waals surface area contributed by atoms with Crippen LogP contribution in [0, 0.1) is 0 Å². The number of esters is 1. The van der Waals surface area contributed by atoms with Crippen molar-refractivity contribution >= 4 is 18.6 Å². The minimum atomic E-state index is -1.74. The van der Waals surface area contributed by atoms with Gasteiger partial charge < -0.3 is 14.8 Å². The van der Waals surface area contributed by atoms with Crippen LogP contribution < -0.4 is 5.46 Å². The minimum absolute atomic E-state index is 0.00394. The van der Waals surface area contributed by atoms with Crippen LogP contribution in [0.5, 0.6) is 0 Å². The van der Waals surface area contributed by atoms with Gasteiger partial charge in [-0.1, -0.05) is 0 Å². The highest BCUT2D eigenvalue weighted by Crippen LogP contribution is 2.09. The predicted octanol–water partition coefficient (Wildman–Crippen LogP) is -0.955.